The van der Waals surface area contributed by atoms with Gasteiger partial charge >= 0.3 is 0 Å². The third-order valence-electron chi connectivity index (χ3n) is 4.73. The number of carbonyl (C=O) groups excluding carboxylic acids is 1. The average molecular weight is 286 g/mol. The van der Waals surface area contributed by atoms with Gasteiger partial charge in [0.2, 0.25) is 0 Å². The van der Waals surface area contributed by atoms with Crippen LogP contribution in [0.3, 0.4) is 0 Å². The molecular weight excluding hydrogens is 264 g/mol. The maximum Gasteiger partial charge on any atom is 0.272 e. The van der Waals surface area contributed by atoms with Gasteiger partial charge in [0, 0.05) is 18.5 Å². The summed E-state index contributed by atoms with van der Waals surface area (Å²) in [5.41, 5.74) is 1.52. The smallest absolute Gasteiger partial charge is 0.272 e. The summed E-state index contributed by atoms with van der Waals surface area (Å²) in [6.07, 6.45) is 6.60. The maximum absolute atomic E-state index is 12.5. The first kappa shape index (κ1) is 14.1. The molecule has 112 valence electrons. The van der Waals surface area contributed by atoms with Crippen molar-refractivity contribution in [1.29, 1.82) is 0 Å². The Bertz CT molecular complexity index is 521. The number of carbonyl (C=O) groups is 1. The summed E-state index contributed by atoms with van der Waals surface area (Å²) in [7, 11) is 0. The van der Waals surface area contributed by atoms with E-state index in [2.05, 4.69) is 17.3 Å². The number of hydrogen-bond acceptors (Lipinski definition) is 3. The summed E-state index contributed by atoms with van der Waals surface area (Å²) in [6.45, 7) is 0.692. The molecule has 1 aromatic carbocycles. The minimum Gasteiger partial charge on any atom is -0.410 e. The number of amides is 1. The van der Waals surface area contributed by atoms with E-state index in [-0.39, 0.29) is 11.8 Å². The normalized spacial score (nSPS) is 25.7. The minimum atomic E-state index is -0.0645. The highest BCUT2D eigenvalue weighted by atomic mass is 16.4. The number of oxime groups is 1. The monoisotopic (exact) mass is 286 g/mol. The number of rotatable bonds is 3. The van der Waals surface area contributed by atoms with Gasteiger partial charge in [0.15, 0.2) is 0 Å². The van der Waals surface area contributed by atoms with Crippen LogP contribution in [-0.4, -0.2) is 34.3 Å². The maximum atomic E-state index is 12.5. The second kappa shape index (κ2) is 6.29. The Kier molecular flexibility index (Phi) is 4.23. The van der Waals surface area contributed by atoms with Crippen LogP contribution in [0.25, 0.3) is 0 Å². The van der Waals surface area contributed by atoms with Crippen LogP contribution in [0, 0.1) is 5.92 Å². The summed E-state index contributed by atoms with van der Waals surface area (Å²) in [4.78, 5) is 14.4. The van der Waals surface area contributed by atoms with E-state index >= 15 is 0 Å². The van der Waals surface area contributed by atoms with Crippen molar-refractivity contribution in [1.82, 2.24) is 4.90 Å². The van der Waals surface area contributed by atoms with Crippen LogP contribution in [0.4, 0.5) is 0 Å². The highest BCUT2D eigenvalue weighted by molar-refractivity contribution is 6.41. The lowest BCUT2D eigenvalue weighted by atomic mass is 9.94. The summed E-state index contributed by atoms with van der Waals surface area (Å²) < 4.78 is 0. The molecule has 1 amide bonds. The molecule has 1 saturated heterocycles. The van der Waals surface area contributed by atoms with Crippen molar-refractivity contribution in [2.45, 2.75) is 44.6 Å². The number of benzene rings is 1. The molecule has 1 N–H and O–H groups in total. The summed E-state index contributed by atoms with van der Waals surface area (Å²) in [5.74, 6) is -0.0582. The van der Waals surface area contributed by atoms with Gasteiger partial charge in [-0.3, -0.25) is 4.79 Å². The van der Waals surface area contributed by atoms with Gasteiger partial charge in [-0.25, -0.2) is 0 Å². The van der Waals surface area contributed by atoms with E-state index < -0.39 is 0 Å². The van der Waals surface area contributed by atoms with Gasteiger partial charge in [-0.2, -0.15) is 0 Å². The predicted molar refractivity (Wildman–Crippen MR) is 81.4 cm³/mol. The van der Waals surface area contributed by atoms with Crippen molar-refractivity contribution in [3.05, 3.63) is 35.9 Å². The van der Waals surface area contributed by atoms with E-state index in [9.17, 15) is 10.0 Å². The summed E-state index contributed by atoms with van der Waals surface area (Å²) >= 11 is 0. The fraction of sp³-hybridized carbons (Fsp3) is 0.529. The van der Waals surface area contributed by atoms with Crippen LogP contribution in [0.2, 0.25) is 0 Å². The molecular formula is C17H22N2O2. The van der Waals surface area contributed by atoms with Gasteiger partial charge in [-0.05, 0) is 24.8 Å². The van der Waals surface area contributed by atoms with Crippen molar-refractivity contribution in [3.63, 3.8) is 0 Å². The highest BCUT2D eigenvalue weighted by Crippen LogP contribution is 2.29. The largest absolute Gasteiger partial charge is 0.410 e. The molecule has 1 saturated carbocycles. The van der Waals surface area contributed by atoms with Gasteiger partial charge in [0.05, 0.1) is 0 Å². The minimum absolute atomic E-state index is 0.00632. The Hall–Kier alpha value is -1.84. The fourth-order valence-corrected chi connectivity index (χ4v) is 3.62. The lowest BCUT2D eigenvalue weighted by Gasteiger charge is -2.30. The average Bonchev–Trinajstić information content (AvgIpc) is 2.85. The van der Waals surface area contributed by atoms with Crippen LogP contribution in [-0.2, 0) is 11.2 Å². The van der Waals surface area contributed by atoms with Crippen LogP contribution in [0.5, 0.6) is 0 Å². The molecule has 1 aliphatic heterocycles. The molecule has 1 atom stereocenters. The third-order valence-corrected chi connectivity index (χ3v) is 4.73. The molecule has 4 heteroatoms. The summed E-state index contributed by atoms with van der Waals surface area (Å²) in [5, 5.41) is 12.6. The lowest BCUT2D eigenvalue weighted by Crippen LogP contribution is -2.39. The zero-order valence-electron chi connectivity index (χ0n) is 12.2. The van der Waals surface area contributed by atoms with E-state index in [1.165, 1.54) is 24.8 Å². The van der Waals surface area contributed by atoms with Gasteiger partial charge in [0.1, 0.15) is 5.71 Å². The van der Waals surface area contributed by atoms with Crippen LogP contribution in [0.15, 0.2) is 35.5 Å². The molecule has 21 heavy (non-hydrogen) atoms. The second-order valence-corrected chi connectivity index (χ2v) is 6.12. The molecule has 3 rings (SSSR count). The van der Waals surface area contributed by atoms with Crippen molar-refractivity contribution < 1.29 is 10.0 Å². The molecule has 1 heterocycles. The first-order valence-corrected chi connectivity index (χ1v) is 7.86. The Labute approximate surface area is 125 Å². The Morgan fingerprint density at radius 3 is 2.52 bits per heavy atom. The molecule has 4 nitrogen and oxygen atoms in total. The highest BCUT2D eigenvalue weighted by Gasteiger charge is 2.40. The van der Waals surface area contributed by atoms with Crippen LogP contribution >= 0.6 is 0 Å². The zero-order chi connectivity index (χ0) is 14.7. The van der Waals surface area contributed by atoms with Crippen molar-refractivity contribution in [3.8, 4) is 0 Å². The molecule has 0 radical (unpaired) electrons. The van der Waals surface area contributed by atoms with E-state index in [4.69, 9.17) is 0 Å². The van der Waals surface area contributed by atoms with Crippen LogP contribution in [0.1, 0.15) is 37.7 Å². The summed E-state index contributed by atoms with van der Waals surface area (Å²) in [6, 6.07) is 10.4. The van der Waals surface area contributed by atoms with E-state index in [1.807, 2.05) is 23.1 Å². The molecule has 0 aromatic heterocycles. The Balaban J connectivity index is 1.74. The first-order valence-electron chi connectivity index (χ1n) is 7.86. The van der Waals surface area contributed by atoms with E-state index in [0.717, 1.165) is 19.3 Å². The van der Waals surface area contributed by atoms with Crippen molar-refractivity contribution in [2.75, 3.05) is 6.54 Å². The molecule has 2 fully saturated rings. The molecule has 1 aromatic rings. The molecule has 0 bridgehead atoms. The predicted octanol–water partition coefficient (Wildman–Crippen LogP) is 2.85. The first-order chi connectivity index (χ1) is 10.3. The molecule has 2 aliphatic rings. The van der Waals surface area contributed by atoms with Crippen LogP contribution < -0.4 is 0 Å². The van der Waals surface area contributed by atoms with Crippen molar-refractivity contribution in [2.24, 2.45) is 11.1 Å². The fourth-order valence-electron chi connectivity index (χ4n) is 3.62. The zero-order valence-corrected chi connectivity index (χ0v) is 12.2. The van der Waals surface area contributed by atoms with Crippen molar-refractivity contribution >= 4 is 11.6 Å². The SMILES string of the molecule is O=C1C(=NO)C(Cc2ccccc2)CN1C1CCCCC1. The topological polar surface area (TPSA) is 52.9 Å². The third kappa shape index (κ3) is 2.94. The van der Waals surface area contributed by atoms with Gasteiger partial charge in [-0.15, -0.1) is 0 Å². The van der Waals surface area contributed by atoms with Gasteiger partial charge in [-0.1, -0.05) is 54.8 Å². The van der Waals surface area contributed by atoms with Gasteiger partial charge < -0.3 is 10.1 Å². The molecule has 1 aliphatic carbocycles. The number of hydrogen-bond donors (Lipinski definition) is 1. The second-order valence-electron chi connectivity index (χ2n) is 6.12. The molecule has 1 unspecified atom stereocenters. The quantitative estimate of drug-likeness (QED) is 0.686. The number of likely N-dealkylation sites (tertiary alicyclic amines) is 1. The van der Waals surface area contributed by atoms with Gasteiger partial charge in [0.25, 0.3) is 5.91 Å². The number of nitrogens with zero attached hydrogens (tertiary/aromatic N) is 2. The lowest BCUT2D eigenvalue weighted by molar-refractivity contribution is -0.125. The Morgan fingerprint density at radius 1 is 1.14 bits per heavy atom. The Morgan fingerprint density at radius 2 is 1.86 bits per heavy atom. The van der Waals surface area contributed by atoms with E-state index in [0.29, 0.717) is 18.3 Å². The standard InChI is InChI=1S/C17H22N2O2/c20-17-16(18-21)14(11-13-7-3-1-4-8-13)12-19(17)15-9-5-2-6-10-15/h1,3-4,7-8,14-15,21H,2,5-6,9-12H2. The van der Waals surface area contributed by atoms with E-state index in [1.54, 1.807) is 0 Å². The molecule has 0 spiro atoms.